The second kappa shape index (κ2) is 7.51. The van der Waals surface area contributed by atoms with Gasteiger partial charge in [0.25, 0.3) is 0 Å². The number of fused-ring (bicyclic) bond motifs is 1. The Morgan fingerprint density at radius 2 is 1.83 bits per heavy atom. The van der Waals surface area contributed by atoms with Crippen LogP contribution in [-0.4, -0.2) is 35.2 Å². The number of methoxy groups -OCH3 is 1. The van der Waals surface area contributed by atoms with Crippen LogP contribution in [0.15, 0.2) is 73.1 Å². The second-order valence-corrected chi connectivity index (χ2v) is 7.33. The Bertz CT molecular complexity index is 1130. The van der Waals surface area contributed by atoms with E-state index in [4.69, 9.17) is 14.7 Å². The molecule has 0 bridgehead atoms. The smallest absolute Gasteiger partial charge is 0.163 e. The van der Waals surface area contributed by atoms with Gasteiger partial charge in [0.1, 0.15) is 11.6 Å². The molecule has 5 heteroatoms. The highest BCUT2D eigenvalue weighted by atomic mass is 16.5. The van der Waals surface area contributed by atoms with Gasteiger partial charge >= 0.3 is 0 Å². The molecule has 2 aromatic heterocycles. The largest absolute Gasteiger partial charge is 0.497 e. The summed E-state index contributed by atoms with van der Waals surface area (Å²) in [4.78, 5) is 16.4. The molecule has 1 atom stereocenters. The van der Waals surface area contributed by atoms with Crippen molar-refractivity contribution >= 4 is 16.7 Å². The van der Waals surface area contributed by atoms with E-state index in [1.165, 1.54) is 5.56 Å². The SMILES string of the molecule is COc1ccc(C2CCN(c3nc(-c4cccnc4)nc4ccccc34)C2)cc1. The van der Waals surface area contributed by atoms with Crippen LogP contribution in [0.3, 0.4) is 0 Å². The summed E-state index contributed by atoms with van der Waals surface area (Å²) in [5.74, 6) is 3.10. The Morgan fingerprint density at radius 1 is 0.966 bits per heavy atom. The zero-order valence-corrected chi connectivity index (χ0v) is 16.3. The minimum atomic E-state index is 0.483. The van der Waals surface area contributed by atoms with Crippen LogP contribution in [0.2, 0.25) is 0 Å². The number of hydrogen-bond acceptors (Lipinski definition) is 5. The van der Waals surface area contributed by atoms with E-state index in [1.807, 2.05) is 36.5 Å². The van der Waals surface area contributed by atoms with Crippen LogP contribution in [0.5, 0.6) is 5.75 Å². The van der Waals surface area contributed by atoms with Crippen LogP contribution in [0.1, 0.15) is 17.9 Å². The summed E-state index contributed by atoms with van der Waals surface area (Å²) in [5, 5.41) is 1.09. The van der Waals surface area contributed by atoms with E-state index in [1.54, 1.807) is 13.3 Å². The van der Waals surface area contributed by atoms with Crippen LogP contribution in [0, 0.1) is 0 Å². The van der Waals surface area contributed by atoms with Gasteiger partial charge in [0.2, 0.25) is 0 Å². The first-order valence-corrected chi connectivity index (χ1v) is 9.88. The van der Waals surface area contributed by atoms with Crippen molar-refractivity contribution in [1.82, 2.24) is 15.0 Å². The molecular weight excluding hydrogens is 360 g/mol. The van der Waals surface area contributed by atoms with E-state index in [0.717, 1.165) is 53.4 Å². The molecule has 1 fully saturated rings. The van der Waals surface area contributed by atoms with Crippen LogP contribution < -0.4 is 9.64 Å². The quantitative estimate of drug-likeness (QED) is 0.512. The van der Waals surface area contributed by atoms with Gasteiger partial charge in [-0.1, -0.05) is 24.3 Å². The number of anilines is 1. The molecule has 3 heterocycles. The van der Waals surface area contributed by atoms with Gasteiger partial charge in [-0.3, -0.25) is 4.98 Å². The maximum absolute atomic E-state index is 5.29. The minimum Gasteiger partial charge on any atom is -0.497 e. The Balaban J connectivity index is 1.51. The number of nitrogens with zero attached hydrogens (tertiary/aromatic N) is 4. The van der Waals surface area contributed by atoms with E-state index in [9.17, 15) is 0 Å². The highest BCUT2D eigenvalue weighted by Gasteiger charge is 2.26. The number of benzene rings is 2. The average Bonchev–Trinajstić information content (AvgIpc) is 3.29. The third kappa shape index (κ3) is 3.40. The minimum absolute atomic E-state index is 0.483. The lowest BCUT2D eigenvalue weighted by molar-refractivity contribution is 0.414. The molecule has 0 N–H and O–H groups in total. The Kier molecular flexibility index (Phi) is 4.56. The highest BCUT2D eigenvalue weighted by Crippen LogP contribution is 2.34. The molecule has 0 amide bonds. The Labute approximate surface area is 170 Å². The van der Waals surface area contributed by atoms with E-state index in [2.05, 4.69) is 40.2 Å². The van der Waals surface area contributed by atoms with Crippen molar-refractivity contribution in [2.45, 2.75) is 12.3 Å². The van der Waals surface area contributed by atoms with Gasteiger partial charge in [0.05, 0.1) is 12.6 Å². The first-order valence-electron chi connectivity index (χ1n) is 9.88. The van der Waals surface area contributed by atoms with E-state index >= 15 is 0 Å². The van der Waals surface area contributed by atoms with Gasteiger partial charge in [0, 0.05) is 42.4 Å². The molecule has 1 unspecified atom stereocenters. The number of rotatable bonds is 4. The van der Waals surface area contributed by atoms with Crippen LogP contribution in [-0.2, 0) is 0 Å². The van der Waals surface area contributed by atoms with Gasteiger partial charge in [-0.15, -0.1) is 0 Å². The molecular formula is C24H22N4O. The molecule has 4 aromatic rings. The van der Waals surface area contributed by atoms with Crippen LogP contribution in [0.25, 0.3) is 22.3 Å². The summed E-state index contributed by atoms with van der Waals surface area (Å²) < 4.78 is 5.29. The van der Waals surface area contributed by atoms with Crippen molar-refractivity contribution in [2.75, 3.05) is 25.1 Å². The molecule has 0 saturated carbocycles. The maximum Gasteiger partial charge on any atom is 0.163 e. The summed E-state index contributed by atoms with van der Waals surface area (Å²) >= 11 is 0. The zero-order valence-electron chi connectivity index (χ0n) is 16.3. The number of hydrogen-bond donors (Lipinski definition) is 0. The molecule has 5 rings (SSSR count). The monoisotopic (exact) mass is 382 g/mol. The molecule has 2 aromatic carbocycles. The first-order chi connectivity index (χ1) is 14.3. The third-order valence-corrected chi connectivity index (χ3v) is 5.58. The number of para-hydroxylation sites is 1. The number of aromatic nitrogens is 3. The lowest BCUT2D eigenvalue weighted by Crippen LogP contribution is -2.21. The third-order valence-electron chi connectivity index (χ3n) is 5.58. The molecule has 1 aliphatic rings. The van der Waals surface area contributed by atoms with Crippen LogP contribution >= 0.6 is 0 Å². The molecule has 144 valence electrons. The fourth-order valence-corrected chi connectivity index (χ4v) is 4.03. The highest BCUT2D eigenvalue weighted by molar-refractivity contribution is 5.91. The lowest BCUT2D eigenvalue weighted by atomic mass is 9.98. The second-order valence-electron chi connectivity index (χ2n) is 7.33. The van der Waals surface area contributed by atoms with Crippen molar-refractivity contribution in [3.05, 3.63) is 78.6 Å². The first kappa shape index (κ1) is 17.6. The topological polar surface area (TPSA) is 51.1 Å². The van der Waals surface area contributed by atoms with Gasteiger partial charge in [-0.05, 0) is 48.4 Å². The van der Waals surface area contributed by atoms with Crippen molar-refractivity contribution in [1.29, 1.82) is 0 Å². The molecule has 1 aliphatic heterocycles. The summed E-state index contributed by atoms with van der Waals surface area (Å²) in [6, 6.07) is 20.6. The fourth-order valence-electron chi connectivity index (χ4n) is 4.03. The molecule has 0 radical (unpaired) electrons. The fraction of sp³-hybridized carbons (Fsp3) is 0.208. The zero-order chi connectivity index (χ0) is 19.6. The van der Waals surface area contributed by atoms with E-state index in [-0.39, 0.29) is 0 Å². The summed E-state index contributed by atoms with van der Waals surface area (Å²) in [5.41, 5.74) is 3.24. The summed E-state index contributed by atoms with van der Waals surface area (Å²) in [6.07, 6.45) is 4.69. The van der Waals surface area contributed by atoms with Crippen molar-refractivity contribution in [3.8, 4) is 17.1 Å². The molecule has 1 saturated heterocycles. The lowest BCUT2D eigenvalue weighted by Gasteiger charge is -2.20. The molecule has 29 heavy (non-hydrogen) atoms. The Morgan fingerprint density at radius 3 is 2.62 bits per heavy atom. The predicted molar refractivity (Wildman–Crippen MR) is 115 cm³/mol. The van der Waals surface area contributed by atoms with Gasteiger partial charge < -0.3 is 9.64 Å². The average molecular weight is 382 g/mol. The molecule has 0 spiro atoms. The maximum atomic E-state index is 5.29. The van der Waals surface area contributed by atoms with Crippen molar-refractivity contribution < 1.29 is 4.74 Å². The molecule has 5 nitrogen and oxygen atoms in total. The summed E-state index contributed by atoms with van der Waals surface area (Å²) in [6.45, 7) is 1.92. The summed E-state index contributed by atoms with van der Waals surface area (Å²) in [7, 11) is 1.70. The molecule has 0 aliphatic carbocycles. The van der Waals surface area contributed by atoms with Crippen molar-refractivity contribution in [3.63, 3.8) is 0 Å². The van der Waals surface area contributed by atoms with Gasteiger partial charge in [-0.25, -0.2) is 9.97 Å². The standard InChI is InChI=1S/C24H22N4O/c1-29-20-10-8-17(9-11-20)19-12-14-28(16-19)24-21-6-2-3-7-22(21)26-23(27-24)18-5-4-13-25-15-18/h2-11,13,15,19H,12,14,16H2,1H3. The number of ether oxygens (including phenoxy) is 1. The number of pyridine rings is 1. The van der Waals surface area contributed by atoms with Gasteiger partial charge in [0.15, 0.2) is 5.82 Å². The van der Waals surface area contributed by atoms with Crippen molar-refractivity contribution in [2.24, 2.45) is 0 Å². The van der Waals surface area contributed by atoms with E-state index < -0.39 is 0 Å². The van der Waals surface area contributed by atoms with Gasteiger partial charge in [-0.2, -0.15) is 0 Å². The predicted octanol–water partition coefficient (Wildman–Crippen LogP) is 4.69. The normalized spacial score (nSPS) is 16.3. The Hall–Kier alpha value is -3.47. The van der Waals surface area contributed by atoms with Crippen LogP contribution in [0.4, 0.5) is 5.82 Å². The van der Waals surface area contributed by atoms with E-state index in [0.29, 0.717) is 5.92 Å².